The number of anilines is 1. The van der Waals surface area contributed by atoms with Gasteiger partial charge in [0.15, 0.2) is 0 Å². The van der Waals surface area contributed by atoms with E-state index in [2.05, 4.69) is 31.3 Å². The van der Waals surface area contributed by atoms with Gasteiger partial charge in [-0.15, -0.1) is 0 Å². The van der Waals surface area contributed by atoms with Crippen LogP contribution < -0.4 is 19.5 Å². The first-order valence-corrected chi connectivity index (χ1v) is 9.56. The summed E-state index contributed by atoms with van der Waals surface area (Å²) in [7, 11) is 0. The Morgan fingerprint density at radius 3 is 2.18 bits per heavy atom. The minimum Gasteiger partial charge on any atom is -0.492 e. The smallest absolute Gasteiger partial charge is 0.142 e. The van der Waals surface area contributed by atoms with Gasteiger partial charge in [-0.1, -0.05) is 36.4 Å². The Labute approximate surface area is 167 Å². The number of aryl methyl sites for hydroxylation is 2. The number of hydrogen-bond acceptors (Lipinski definition) is 4. The summed E-state index contributed by atoms with van der Waals surface area (Å²) in [5.41, 5.74) is 3.46. The molecular formula is C24H27NO3. The average molecular weight is 377 g/mol. The van der Waals surface area contributed by atoms with Gasteiger partial charge in [0.25, 0.3) is 0 Å². The number of ether oxygens (including phenoxy) is 3. The lowest BCUT2D eigenvalue weighted by Gasteiger charge is -2.14. The Balaban J connectivity index is 1.42. The highest BCUT2D eigenvalue weighted by atomic mass is 16.5. The molecule has 0 fully saturated rings. The van der Waals surface area contributed by atoms with Crippen LogP contribution in [-0.2, 0) is 0 Å². The lowest BCUT2D eigenvalue weighted by molar-refractivity contribution is 0.217. The first-order chi connectivity index (χ1) is 13.7. The fraction of sp³-hybridized carbons (Fsp3) is 0.250. The van der Waals surface area contributed by atoms with Gasteiger partial charge >= 0.3 is 0 Å². The van der Waals surface area contributed by atoms with Crippen LogP contribution in [0.5, 0.6) is 17.2 Å². The maximum Gasteiger partial charge on any atom is 0.142 e. The minimum atomic E-state index is 0.479. The van der Waals surface area contributed by atoms with E-state index in [1.807, 2.05) is 60.7 Å². The topological polar surface area (TPSA) is 39.7 Å². The molecule has 4 heteroatoms. The van der Waals surface area contributed by atoms with Gasteiger partial charge in [0.05, 0.1) is 5.69 Å². The molecule has 0 aliphatic rings. The van der Waals surface area contributed by atoms with E-state index in [9.17, 15) is 0 Å². The number of rotatable bonds is 10. The van der Waals surface area contributed by atoms with Crippen molar-refractivity contribution in [2.24, 2.45) is 0 Å². The van der Waals surface area contributed by atoms with E-state index in [4.69, 9.17) is 14.2 Å². The summed E-state index contributed by atoms with van der Waals surface area (Å²) in [6, 6.07) is 23.8. The molecule has 0 aliphatic heterocycles. The van der Waals surface area contributed by atoms with Crippen molar-refractivity contribution in [3.63, 3.8) is 0 Å². The molecule has 146 valence electrons. The Kier molecular flexibility index (Phi) is 7.19. The van der Waals surface area contributed by atoms with E-state index < -0.39 is 0 Å². The third-order valence-electron chi connectivity index (χ3n) is 4.40. The van der Waals surface area contributed by atoms with Crippen molar-refractivity contribution in [1.82, 2.24) is 0 Å². The van der Waals surface area contributed by atoms with Crippen LogP contribution in [0.15, 0.2) is 72.8 Å². The maximum atomic E-state index is 5.87. The third-order valence-corrected chi connectivity index (χ3v) is 4.40. The van der Waals surface area contributed by atoms with Crippen molar-refractivity contribution in [2.45, 2.75) is 13.8 Å². The van der Waals surface area contributed by atoms with E-state index in [0.717, 1.165) is 22.9 Å². The van der Waals surface area contributed by atoms with Crippen LogP contribution in [0, 0.1) is 13.8 Å². The van der Waals surface area contributed by atoms with E-state index in [1.54, 1.807) is 0 Å². The molecule has 0 unspecified atom stereocenters. The van der Waals surface area contributed by atoms with Crippen LogP contribution in [-0.4, -0.2) is 26.4 Å². The largest absolute Gasteiger partial charge is 0.492 e. The van der Waals surface area contributed by atoms with Crippen LogP contribution >= 0.6 is 0 Å². The highest BCUT2D eigenvalue weighted by Gasteiger charge is 2.03. The predicted octanol–water partition coefficient (Wildman–Crippen LogP) is 5.25. The molecular weight excluding hydrogens is 350 g/mol. The quantitative estimate of drug-likeness (QED) is 0.490. The van der Waals surface area contributed by atoms with Gasteiger partial charge in [-0.2, -0.15) is 0 Å². The molecule has 3 aromatic rings. The molecule has 0 aliphatic carbocycles. The molecule has 0 aromatic heterocycles. The Bertz CT molecular complexity index is 865. The summed E-state index contributed by atoms with van der Waals surface area (Å²) in [5, 5.41) is 3.38. The van der Waals surface area contributed by atoms with E-state index in [-0.39, 0.29) is 0 Å². The summed E-state index contributed by atoms with van der Waals surface area (Å²) >= 11 is 0. The molecule has 0 bridgehead atoms. The monoisotopic (exact) mass is 377 g/mol. The zero-order valence-electron chi connectivity index (χ0n) is 16.5. The summed E-state index contributed by atoms with van der Waals surface area (Å²) in [6.07, 6.45) is 0. The van der Waals surface area contributed by atoms with Crippen molar-refractivity contribution in [3.05, 3.63) is 83.9 Å². The van der Waals surface area contributed by atoms with Crippen molar-refractivity contribution in [3.8, 4) is 17.2 Å². The summed E-state index contributed by atoms with van der Waals surface area (Å²) in [4.78, 5) is 0. The first-order valence-electron chi connectivity index (χ1n) is 9.56. The number of para-hydroxylation sites is 3. The molecule has 3 rings (SSSR count). The fourth-order valence-electron chi connectivity index (χ4n) is 2.72. The number of hydrogen-bond donors (Lipinski definition) is 1. The summed E-state index contributed by atoms with van der Waals surface area (Å²) in [6.45, 7) is 6.43. The second kappa shape index (κ2) is 10.3. The molecule has 0 saturated carbocycles. The van der Waals surface area contributed by atoms with Gasteiger partial charge in [0.1, 0.15) is 37.1 Å². The normalized spacial score (nSPS) is 10.4. The minimum absolute atomic E-state index is 0.479. The van der Waals surface area contributed by atoms with Gasteiger partial charge in [0.2, 0.25) is 0 Å². The van der Waals surface area contributed by atoms with Crippen LogP contribution in [0.1, 0.15) is 11.1 Å². The second-order valence-electron chi connectivity index (χ2n) is 6.53. The van der Waals surface area contributed by atoms with Crippen molar-refractivity contribution < 1.29 is 14.2 Å². The van der Waals surface area contributed by atoms with Gasteiger partial charge in [0, 0.05) is 6.54 Å². The third kappa shape index (κ3) is 5.95. The molecule has 0 amide bonds. The molecule has 0 atom stereocenters. The van der Waals surface area contributed by atoms with Crippen LogP contribution in [0.4, 0.5) is 5.69 Å². The van der Waals surface area contributed by atoms with E-state index in [1.165, 1.54) is 11.1 Å². The molecule has 4 nitrogen and oxygen atoms in total. The lowest BCUT2D eigenvalue weighted by Crippen LogP contribution is -2.14. The number of benzene rings is 3. The number of nitrogens with one attached hydrogen (secondary N) is 1. The van der Waals surface area contributed by atoms with Gasteiger partial charge in [-0.3, -0.25) is 0 Å². The molecule has 0 spiro atoms. The zero-order valence-corrected chi connectivity index (χ0v) is 16.5. The predicted molar refractivity (Wildman–Crippen MR) is 114 cm³/mol. The molecule has 0 heterocycles. The van der Waals surface area contributed by atoms with E-state index in [0.29, 0.717) is 26.4 Å². The lowest BCUT2D eigenvalue weighted by atomic mass is 10.1. The van der Waals surface area contributed by atoms with Crippen molar-refractivity contribution in [2.75, 3.05) is 31.7 Å². The molecule has 0 saturated heterocycles. The van der Waals surface area contributed by atoms with Crippen molar-refractivity contribution in [1.29, 1.82) is 0 Å². The average Bonchev–Trinajstić information content (AvgIpc) is 2.73. The molecule has 0 radical (unpaired) electrons. The van der Waals surface area contributed by atoms with Crippen LogP contribution in [0.2, 0.25) is 0 Å². The second-order valence-corrected chi connectivity index (χ2v) is 6.53. The Hall–Kier alpha value is -3.14. The van der Waals surface area contributed by atoms with Crippen LogP contribution in [0.25, 0.3) is 0 Å². The Morgan fingerprint density at radius 1 is 0.643 bits per heavy atom. The van der Waals surface area contributed by atoms with Gasteiger partial charge in [-0.05, 0) is 61.4 Å². The molecule has 3 aromatic carbocycles. The van der Waals surface area contributed by atoms with Gasteiger partial charge in [-0.25, -0.2) is 0 Å². The highest BCUT2D eigenvalue weighted by Crippen LogP contribution is 2.23. The van der Waals surface area contributed by atoms with Gasteiger partial charge < -0.3 is 19.5 Å². The van der Waals surface area contributed by atoms with Crippen molar-refractivity contribution >= 4 is 5.69 Å². The first kappa shape index (κ1) is 19.6. The van der Waals surface area contributed by atoms with E-state index >= 15 is 0 Å². The molecule has 1 N–H and O–H groups in total. The maximum absolute atomic E-state index is 5.87. The molecule has 28 heavy (non-hydrogen) atoms. The standard InChI is InChI=1S/C24H27NO3/c1-19-12-13-22(18-20(19)2)26-15-14-25-23-10-6-7-11-24(23)28-17-16-27-21-8-4-3-5-9-21/h3-13,18,25H,14-17H2,1-2H3. The SMILES string of the molecule is Cc1ccc(OCCNc2ccccc2OCCOc2ccccc2)cc1C. The summed E-state index contributed by atoms with van der Waals surface area (Å²) in [5.74, 6) is 2.55. The Morgan fingerprint density at radius 2 is 1.36 bits per heavy atom. The highest BCUT2D eigenvalue weighted by molar-refractivity contribution is 5.56. The van der Waals surface area contributed by atoms with Crippen LogP contribution in [0.3, 0.4) is 0 Å². The fourth-order valence-corrected chi connectivity index (χ4v) is 2.72. The zero-order chi connectivity index (χ0) is 19.6. The summed E-state index contributed by atoms with van der Waals surface area (Å²) < 4.78 is 17.4.